The van der Waals surface area contributed by atoms with Gasteiger partial charge in [0.15, 0.2) is 0 Å². The van der Waals surface area contributed by atoms with Gasteiger partial charge in [-0.1, -0.05) is 24.3 Å². The highest BCUT2D eigenvalue weighted by Gasteiger charge is 2.23. The molecule has 1 unspecified atom stereocenters. The van der Waals surface area contributed by atoms with E-state index in [1.54, 1.807) is 6.92 Å². The van der Waals surface area contributed by atoms with Crippen molar-refractivity contribution in [3.8, 4) is 0 Å². The Hall–Kier alpha value is -2.70. The van der Waals surface area contributed by atoms with Gasteiger partial charge in [0.2, 0.25) is 11.8 Å². The fourth-order valence-electron chi connectivity index (χ4n) is 2.26. The maximum Gasteiger partial charge on any atom is 0.332 e. The molecule has 0 aliphatic heterocycles. The molecule has 1 aromatic carbocycles. The average molecular weight is 287 g/mol. The van der Waals surface area contributed by atoms with E-state index in [0.717, 1.165) is 11.1 Å². The van der Waals surface area contributed by atoms with E-state index in [1.807, 2.05) is 38.1 Å². The van der Waals surface area contributed by atoms with Gasteiger partial charge in [0.05, 0.1) is 11.0 Å². The Labute approximate surface area is 122 Å². The SMILES string of the molecule is Cc1ccccc1C(C)Nc1nc(N)nc(C)c1[N+](=O)[O-]. The quantitative estimate of drug-likeness (QED) is 0.661. The molecule has 0 aliphatic rings. The Balaban J connectivity index is 2.40. The van der Waals surface area contributed by atoms with Gasteiger partial charge in [0, 0.05) is 0 Å². The molecule has 2 aromatic rings. The van der Waals surface area contributed by atoms with Gasteiger partial charge in [-0.3, -0.25) is 10.1 Å². The van der Waals surface area contributed by atoms with Gasteiger partial charge in [-0.25, -0.2) is 4.98 Å². The molecule has 110 valence electrons. The number of benzene rings is 1. The molecule has 0 bridgehead atoms. The molecule has 21 heavy (non-hydrogen) atoms. The molecule has 0 saturated carbocycles. The Morgan fingerprint density at radius 2 is 1.95 bits per heavy atom. The first-order valence-corrected chi connectivity index (χ1v) is 6.50. The monoisotopic (exact) mass is 287 g/mol. The topological polar surface area (TPSA) is 107 Å². The van der Waals surface area contributed by atoms with Gasteiger partial charge in [0.25, 0.3) is 0 Å². The van der Waals surface area contributed by atoms with E-state index in [-0.39, 0.29) is 29.2 Å². The second kappa shape index (κ2) is 5.74. The first-order chi connectivity index (χ1) is 9.90. The number of nitrogens with zero attached hydrogens (tertiary/aromatic N) is 3. The van der Waals surface area contributed by atoms with Crippen molar-refractivity contribution in [1.29, 1.82) is 0 Å². The summed E-state index contributed by atoms with van der Waals surface area (Å²) in [5, 5.41) is 14.2. The van der Waals surface area contributed by atoms with Gasteiger partial charge in [-0.05, 0) is 31.9 Å². The molecule has 7 nitrogen and oxygen atoms in total. The van der Waals surface area contributed by atoms with Crippen molar-refractivity contribution in [3.05, 3.63) is 51.2 Å². The van der Waals surface area contributed by atoms with Crippen LogP contribution in [0, 0.1) is 24.0 Å². The van der Waals surface area contributed by atoms with Crippen molar-refractivity contribution in [2.75, 3.05) is 11.1 Å². The van der Waals surface area contributed by atoms with E-state index < -0.39 is 4.92 Å². The smallest absolute Gasteiger partial charge is 0.332 e. The number of aryl methyl sites for hydroxylation is 2. The molecule has 0 spiro atoms. The summed E-state index contributed by atoms with van der Waals surface area (Å²) in [5.41, 5.74) is 7.82. The predicted octanol–water partition coefficient (Wildman–Crippen LogP) is 2.76. The van der Waals surface area contributed by atoms with E-state index in [4.69, 9.17) is 5.73 Å². The van der Waals surface area contributed by atoms with Crippen LogP contribution >= 0.6 is 0 Å². The molecule has 0 fully saturated rings. The normalized spacial score (nSPS) is 12.0. The number of hydrogen-bond acceptors (Lipinski definition) is 6. The van der Waals surface area contributed by atoms with Crippen LogP contribution in [0.5, 0.6) is 0 Å². The van der Waals surface area contributed by atoms with Crippen LogP contribution < -0.4 is 11.1 Å². The van der Waals surface area contributed by atoms with Crippen molar-refractivity contribution in [2.45, 2.75) is 26.8 Å². The highest BCUT2D eigenvalue weighted by molar-refractivity contribution is 5.61. The van der Waals surface area contributed by atoms with Crippen LogP contribution in [0.4, 0.5) is 17.5 Å². The third-order valence-electron chi connectivity index (χ3n) is 3.27. The van der Waals surface area contributed by atoms with Crippen molar-refractivity contribution in [3.63, 3.8) is 0 Å². The number of aromatic nitrogens is 2. The summed E-state index contributed by atoms with van der Waals surface area (Å²) in [5.74, 6) is 0.151. The number of nitrogen functional groups attached to an aromatic ring is 1. The summed E-state index contributed by atoms with van der Waals surface area (Å²) in [6, 6.07) is 7.69. The van der Waals surface area contributed by atoms with Crippen LogP contribution in [0.25, 0.3) is 0 Å². The largest absolute Gasteiger partial charge is 0.368 e. The van der Waals surface area contributed by atoms with Gasteiger partial charge in [-0.15, -0.1) is 0 Å². The lowest BCUT2D eigenvalue weighted by molar-refractivity contribution is -0.385. The Bertz CT molecular complexity index is 687. The second-order valence-electron chi connectivity index (χ2n) is 4.84. The van der Waals surface area contributed by atoms with Gasteiger partial charge in [-0.2, -0.15) is 4.98 Å². The zero-order chi connectivity index (χ0) is 15.6. The molecule has 0 radical (unpaired) electrons. The average Bonchev–Trinajstić information content (AvgIpc) is 2.37. The van der Waals surface area contributed by atoms with Crippen LogP contribution in [0.1, 0.15) is 29.8 Å². The highest BCUT2D eigenvalue weighted by atomic mass is 16.6. The zero-order valence-corrected chi connectivity index (χ0v) is 12.1. The van der Waals surface area contributed by atoms with Gasteiger partial charge >= 0.3 is 5.69 Å². The summed E-state index contributed by atoms with van der Waals surface area (Å²) in [7, 11) is 0. The van der Waals surface area contributed by atoms with Crippen LogP contribution in [-0.4, -0.2) is 14.9 Å². The maximum atomic E-state index is 11.2. The molecule has 0 saturated heterocycles. The van der Waals surface area contributed by atoms with Crippen LogP contribution in [-0.2, 0) is 0 Å². The van der Waals surface area contributed by atoms with E-state index >= 15 is 0 Å². The fourth-order valence-corrected chi connectivity index (χ4v) is 2.26. The molecule has 2 rings (SSSR count). The van der Waals surface area contributed by atoms with E-state index in [1.165, 1.54) is 0 Å². The summed E-state index contributed by atoms with van der Waals surface area (Å²) in [4.78, 5) is 18.5. The highest BCUT2D eigenvalue weighted by Crippen LogP contribution is 2.29. The summed E-state index contributed by atoms with van der Waals surface area (Å²) in [6.45, 7) is 5.45. The minimum Gasteiger partial charge on any atom is -0.368 e. The Morgan fingerprint density at radius 3 is 2.57 bits per heavy atom. The van der Waals surface area contributed by atoms with Crippen LogP contribution in [0.2, 0.25) is 0 Å². The first kappa shape index (κ1) is 14.7. The number of nitro groups is 1. The lowest BCUT2D eigenvalue weighted by Crippen LogP contribution is -2.13. The number of hydrogen-bond donors (Lipinski definition) is 2. The number of nitrogens with two attached hydrogens (primary N) is 1. The lowest BCUT2D eigenvalue weighted by Gasteiger charge is -2.17. The Morgan fingerprint density at radius 1 is 1.29 bits per heavy atom. The first-order valence-electron chi connectivity index (χ1n) is 6.50. The predicted molar refractivity (Wildman–Crippen MR) is 81.1 cm³/mol. The minimum absolute atomic E-state index is 0.0117. The van der Waals surface area contributed by atoms with Crippen molar-refractivity contribution >= 4 is 17.5 Å². The molecule has 1 aromatic heterocycles. The van der Waals surface area contributed by atoms with E-state index in [9.17, 15) is 10.1 Å². The van der Waals surface area contributed by atoms with Crippen molar-refractivity contribution in [1.82, 2.24) is 9.97 Å². The van der Waals surface area contributed by atoms with E-state index in [2.05, 4.69) is 15.3 Å². The van der Waals surface area contributed by atoms with Gasteiger partial charge < -0.3 is 11.1 Å². The van der Waals surface area contributed by atoms with Crippen molar-refractivity contribution in [2.24, 2.45) is 0 Å². The number of nitrogens with one attached hydrogen (secondary N) is 1. The van der Waals surface area contributed by atoms with Crippen LogP contribution in [0.15, 0.2) is 24.3 Å². The zero-order valence-electron chi connectivity index (χ0n) is 12.1. The van der Waals surface area contributed by atoms with Gasteiger partial charge in [0.1, 0.15) is 5.69 Å². The molecule has 7 heteroatoms. The molecule has 0 aliphatic carbocycles. The second-order valence-corrected chi connectivity index (χ2v) is 4.84. The molecule has 1 heterocycles. The summed E-state index contributed by atoms with van der Waals surface area (Å²) in [6.07, 6.45) is 0. The number of rotatable bonds is 4. The molecule has 1 atom stereocenters. The third kappa shape index (κ3) is 3.07. The molecular formula is C14H17N5O2. The molecule has 0 amide bonds. The lowest BCUT2D eigenvalue weighted by atomic mass is 10.0. The minimum atomic E-state index is -0.498. The molecule has 3 N–H and O–H groups in total. The summed E-state index contributed by atoms with van der Waals surface area (Å²) < 4.78 is 0. The van der Waals surface area contributed by atoms with E-state index in [0.29, 0.717) is 0 Å². The third-order valence-corrected chi connectivity index (χ3v) is 3.27. The maximum absolute atomic E-state index is 11.2. The summed E-state index contributed by atoms with van der Waals surface area (Å²) >= 11 is 0. The fraction of sp³-hybridized carbons (Fsp3) is 0.286. The standard InChI is InChI=1S/C14H17N5O2/c1-8-6-4-5-7-11(8)9(2)16-13-12(19(20)21)10(3)17-14(15)18-13/h4-7,9H,1-3H3,(H3,15,16,17,18). The number of anilines is 2. The molecular weight excluding hydrogens is 270 g/mol. The van der Waals surface area contributed by atoms with Crippen LogP contribution in [0.3, 0.4) is 0 Å². The van der Waals surface area contributed by atoms with Crippen molar-refractivity contribution < 1.29 is 4.92 Å². The Kier molecular flexibility index (Phi) is 4.02.